The first-order valence-corrected chi connectivity index (χ1v) is 39.9. The van der Waals surface area contributed by atoms with Crippen molar-refractivity contribution in [1.82, 2.24) is 0 Å². The van der Waals surface area contributed by atoms with Crippen LogP contribution >= 0.6 is 15.6 Å². The average molecular weight is 1330 g/mol. The van der Waals surface area contributed by atoms with E-state index in [0.717, 1.165) is 114 Å². The van der Waals surface area contributed by atoms with Gasteiger partial charge >= 0.3 is 39.5 Å². The second-order valence-electron chi connectivity index (χ2n) is 26.8. The number of hydrogen-bond acceptors (Lipinski definition) is 15. The van der Waals surface area contributed by atoms with E-state index in [0.29, 0.717) is 25.7 Å². The van der Waals surface area contributed by atoms with Gasteiger partial charge in [0.2, 0.25) is 0 Å². The molecule has 0 rings (SSSR count). The largest absolute Gasteiger partial charge is 0.472 e. The fourth-order valence-corrected chi connectivity index (χ4v) is 12.3. The molecule has 0 bridgehead atoms. The molecule has 0 spiro atoms. The van der Waals surface area contributed by atoms with Crippen LogP contribution in [-0.4, -0.2) is 96.7 Å². The fourth-order valence-electron chi connectivity index (χ4n) is 10.7. The van der Waals surface area contributed by atoms with E-state index >= 15 is 0 Å². The van der Waals surface area contributed by atoms with Crippen molar-refractivity contribution in [2.24, 2.45) is 17.8 Å². The molecular formula is C71H138O17P2. The summed E-state index contributed by atoms with van der Waals surface area (Å²) in [4.78, 5) is 72.6. The summed E-state index contributed by atoms with van der Waals surface area (Å²) in [5.41, 5.74) is 0. The molecule has 0 saturated heterocycles. The van der Waals surface area contributed by atoms with Crippen LogP contribution in [0.4, 0.5) is 0 Å². The Morgan fingerprint density at radius 1 is 0.322 bits per heavy atom. The molecule has 534 valence electrons. The van der Waals surface area contributed by atoms with E-state index in [1.807, 2.05) is 0 Å². The van der Waals surface area contributed by atoms with E-state index in [4.69, 9.17) is 37.0 Å². The molecule has 3 N–H and O–H groups in total. The van der Waals surface area contributed by atoms with Crippen molar-refractivity contribution in [1.29, 1.82) is 0 Å². The maximum atomic E-state index is 13.0. The Bertz CT molecular complexity index is 1770. The molecule has 0 aromatic carbocycles. The third-order valence-electron chi connectivity index (χ3n) is 16.7. The van der Waals surface area contributed by atoms with Crippen LogP contribution in [0.2, 0.25) is 0 Å². The number of phosphoric acid groups is 2. The fraction of sp³-hybridized carbons (Fsp3) is 0.944. The molecule has 0 radical (unpaired) electrons. The standard InChI is InChI=1S/C71H138O17P2/c1-8-10-11-12-13-14-15-16-19-26-31-40-47-54-70(75)88-67(59-82-69(74)53-46-39-34-33-37-44-51-64(7)9-2)61-86-90(79,80)84-57-65(72)56-83-89(77,78)85-60-66(58-81-68(73)52-45-38-30-25-22-21-24-29-36-43-50-63(5)6)87-71(76)55-48-41-32-27-20-17-18-23-28-35-42-49-62(3)4/h62-67,72H,8-61H2,1-7H3,(H,77,78)(H,79,80)/t64?,65-,66-,67-/m1/s1. The van der Waals surface area contributed by atoms with Gasteiger partial charge in [-0.3, -0.25) is 37.3 Å². The van der Waals surface area contributed by atoms with E-state index in [9.17, 15) is 43.2 Å². The number of unbranched alkanes of at least 4 members (excludes halogenated alkanes) is 36. The summed E-state index contributed by atoms with van der Waals surface area (Å²) in [5.74, 6) is 0.130. The topological polar surface area (TPSA) is 237 Å². The van der Waals surface area contributed by atoms with Gasteiger partial charge in [-0.25, -0.2) is 9.13 Å². The molecular weight excluding hydrogens is 1190 g/mol. The molecule has 0 amide bonds. The highest BCUT2D eigenvalue weighted by Gasteiger charge is 2.30. The number of rotatable bonds is 69. The summed E-state index contributed by atoms with van der Waals surface area (Å²) in [6.45, 7) is 11.8. The first kappa shape index (κ1) is 88.1. The van der Waals surface area contributed by atoms with Crippen molar-refractivity contribution in [2.75, 3.05) is 39.6 Å². The molecule has 0 aliphatic carbocycles. The van der Waals surface area contributed by atoms with Crippen LogP contribution in [0, 0.1) is 17.8 Å². The van der Waals surface area contributed by atoms with E-state index in [1.165, 1.54) is 161 Å². The summed E-state index contributed by atoms with van der Waals surface area (Å²) < 4.78 is 68.3. The molecule has 90 heavy (non-hydrogen) atoms. The molecule has 0 aromatic heterocycles. The second kappa shape index (κ2) is 61.9. The number of ether oxygens (including phenoxy) is 4. The lowest BCUT2D eigenvalue weighted by Gasteiger charge is -2.21. The highest BCUT2D eigenvalue weighted by Crippen LogP contribution is 2.45. The maximum Gasteiger partial charge on any atom is 0.472 e. The summed E-state index contributed by atoms with van der Waals surface area (Å²) in [6, 6.07) is 0. The van der Waals surface area contributed by atoms with Crippen molar-refractivity contribution >= 4 is 39.5 Å². The zero-order chi connectivity index (χ0) is 66.6. The molecule has 6 atom stereocenters. The number of carbonyl (C=O) groups excluding carboxylic acids is 4. The van der Waals surface area contributed by atoms with E-state index in [2.05, 4.69) is 48.5 Å². The number of carbonyl (C=O) groups is 4. The smallest absolute Gasteiger partial charge is 0.462 e. The lowest BCUT2D eigenvalue weighted by atomic mass is 10.00. The highest BCUT2D eigenvalue weighted by atomic mass is 31.2. The number of esters is 4. The number of hydrogen-bond donors (Lipinski definition) is 3. The van der Waals surface area contributed by atoms with Crippen LogP contribution in [0.1, 0.15) is 357 Å². The minimum atomic E-state index is -4.95. The van der Waals surface area contributed by atoms with Crippen molar-refractivity contribution in [3.05, 3.63) is 0 Å². The number of aliphatic hydroxyl groups excluding tert-OH is 1. The normalized spacial score (nSPS) is 14.5. The Balaban J connectivity index is 5.26. The van der Waals surface area contributed by atoms with Gasteiger partial charge in [0.05, 0.1) is 26.4 Å². The maximum absolute atomic E-state index is 13.0. The third-order valence-corrected chi connectivity index (χ3v) is 18.6. The van der Waals surface area contributed by atoms with E-state index in [1.54, 1.807) is 0 Å². The quantitative estimate of drug-likeness (QED) is 0.0222. The van der Waals surface area contributed by atoms with Crippen molar-refractivity contribution in [2.45, 2.75) is 375 Å². The van der Waals surface area contributed by atoms with Gasteiger partial charge in [0.1, 0.15) is 19.3 Å². The molecule has 19 heteroatoms. The first-order valence-electron chi connectivity index (χ1n) is 36.9. The van der Waals surface area contributed by atoms with Crippen molar-refractivity contribution in [3.63, 3.8) is 0 Å². The van der Waals surface area contributed by atoms with Gasteiger partial charge < -0.3 is 33.8 Å². The number of phosphoric ester groups is 2. The van der Waals surface area contributed by atoms with Crippen molar-refractivity contribution in [3.8, 4) is 0 Å². The van der Waals surface area contributed by atoms with Crippen LogP contribution in [-0.2, 0) is 65.4 Å². The average Bonchev–Trinajstić information content (AvgIpc) is 3.63. The Labute approximate surface area is 549 Å². The van der Waals surface area contributed by atoms with Crippen LogP contribution in [0.25, 0.3) is 0 Å². The highest BCUT2D eigenvalue weighted by molar-refractivity contribution is 7.47. The summed E-state index contributed by atoms with van der Waals surface area (Å²) in [6.07, 6.45) is 45.7. The monoisotopic (exact) mass is 1320 g/mol. The van der Waals surface area contributed by atoms with Crippen LogP contribution < -0.4 is 0 Å². The van der Waals surface area contributed by atoms with E-state index < -0.39 is 97.5 Å². The lowest BCUT2D eigenvalue weighted by Crippen LogP contribution is -2.30. The first-order chi connectivity index (χ1) is 43.3. The molecule has 0 fully saturated rings. The van der Waals surface area contributed by atoms with E-state index in [-0.39, 0.29) is 25.7 Å². The molecule has 0 heterocycles. The minimum absolute atomic E-state index is 0.106. The van der Waals surface area contributed by atoms with Gasteiger partial charge in [0, 0.05) is 25.7 Å². The Morgan fingerprint density at radius 3 is 0.844 bits per heavy atom. The minimum Gasteiger partial charge on any atom is -0.462 e. The summed E-state index contributed by atoms with van der Waals surface area (Å²) in [7, 11) is -9.90. The Morgan fingerprint density at radius 2 is 0.567 bits per heavy atom. The predicted molar refractivity (Wildman–Crippen MR) is 363 cm³/mol. The summed E-state index contributed by atoms with van der Waals surface area (Å²) in [5, 5.41) is 10.6. The van der Waals surface area contributed by atoms with Crippen LogP contribution in [0.15, 0.2) is 0 Å². The molecule has 0 saturated carbocycles. The summed E-state index contributed by atoms with van der Waals surface area (Å²) >= 11 is 0. The SMILES string of the molecule is CCCCCCCCCCCCCCCC(=O)O[C@H](COC(=O)CCCCCCCCC(C)CC)COP(=O)(O)OC[C@H](O)COP(=O)(O)OC[C@@H](COC(=O)CCCCCCCCCCCCC(C)C)OC(=O)CCCCCCCCCCCCCC(C)C. The van der Waals surface area contributed by atoms with Gasteiger partial charge in [0.25, 0.3) is 0 Å². The zero-order valence-corrected chi connectivity index (χ0v) is 60.4. The van der Waals surface area contributed by atoms with Gasteiger partial charge in [-0.1, -0.05) is 305 Å². The van der Waals surface area contributed by atoms with Crippen LogP contribution in [0.3, 0.4) is 0 Å². The molecule has 17 nitrogen and oxygen atoms in total. The molecule has 0 aliphatic rings. The predicted octanol–water partition coefficient (Wildman–Crippen LogP) is 20.2. The Hall–Kier alpha value is -1.94. The van der Waals surface area contributed by atoms with Gasteiger partial charge in [-0.05, 0) is 43.4 Å². The third kappa shape index (κ3) is 63.5. The zero-order valence-electron chi connectivity index (χ0n) is 58.6. The Kier molecular flexibility index (Phi) is 60.6. The second-order valence-corrected chi connectivity index (χ2v) is 29.7. The lowest BCUT2D eigenvalue weighted by molar-refractivity contribution is -0.161. The molecule has 3 unspecified atom stereocenters. The molecule has 0 aromatic rings. The van der Waals surface area contributed by atoms with Gasteiger partial charge in [0.15, 0.2) is 12.2 Å². The number of aliphatic hydroxyl groups is 1. The van der Waals surface area contributed by atoms with Gasteiger partial charge in [-0.15, -0.1) is 0 Å². The van der Waals surface area contributed by atoms with Gasteiger partial charge in [-0.2, -0.15) is 0 Å². The van der Waals surface area contributed by atoms with Crippen molar-refractivity contribution < 1.29 is 80.2 Å². The van der Waals surface area contributed by atoms with Crippen LogP contribution in [0.5, 0.6) is 0 Å². The molecule has 0 aliphatic heterocycles.